The molecule has 1 fully saturated rings. The summed E-state index contributed by atoms with van der Waals surface area (Å²) in [6.45, 7) is 2.31. The lowest BCUT2D eigenvalue weighted by molar-refractivity contribution is 0.0718. The number of nitrogens with zero attached hydrogens (tertiary/aromatic N) is 3. The van der Waals surface area contributed by atoms with E-state index in [4.69, 9.17) is 9.47 Å². The number of likely N-dealkylation sites (tertiary alicyclic amines) is 1. The second-order valence-electron chi connectivity index (χ2n) is 6.51. The van der Waals surface area contributed by atoms with Crippen LogP contribution >= 0.6 is 0 Å². The van der Waals surface area contributed by atoms with Gasteiger partial charge in [-0.1, -0.05) is 6.07 Å². The predicted molar refractivity (Wildman–Crippen MR) is 104 cm³/mol. The van der Waals surface area contributed by atoms with Crippen molar-refractivity contribution >= 4 is 11.7 Å². The summed E-state index contributed by atoms with van der Waals surface area (Å²) in [4.78, 5) is 22.8. The summed E-state index contributed by atoms with van der Waals surface area (Å²) in [5.41, 5.74) is 1.57. The summed E-state index contributed by atoms with van der Waals surface area (Å²) in [5, 5.41) is 3.26. The van der Waals surface area contributed by atoms with E-state index in [1.165, 1.54) is 12.7 Å². The maximum atomic E-state index is 12.6. The largest absolute Gasteiger partial charge is 0.493 e. The number of rotatable bonds is 7. The van der Waals surface area contributed by atoms with Crippen molar-refractivity contribution in [1.29, 1.82) is 0 Å². The van der Waals surface area contributed by atoms with Crippen LogP contribution in [0, 0.1) is 0 Å². The molecular weight excluding hydrogens is 344 g/mol. The number of piperidine rings is 1. The SMILES string of the molecule is COc1ccc(CCNc2cc(C(=O)N3CCCCC3)ncn2)cc1OC. The molecule has 0 aliphatic carbocycles. The van der Waals surface area contributed by atoms with Crippen LogP contribution < -0.4 is 14.8 Å². The van der Waals surface area contributed by atoms with Crippen molar-refractivity contribution in [2.45, 2.75) is 25.7 Å². The van der Waals surface area contributed by atoms with Gasteiger partial charge in [-0.15, -0.1) is 0 Å². The van der Waals surface area contributed by atoms with Crippen molar-refractivity contribution in [3.05, 3.63) is 41.9 Å². The second kappa shape index (κ2) is 9.21. The first-order chi connectivity index (χ1) is 13.2. The summed E-state index contributed by atoms with van der Waals surface area (Å²) in [6, 6.07) is 7.60. The van der Waals surface area contributed by atoms with Crippen molar-refractivity contribution in [3.63, 3.8) is 0 Å². The van der Waals surface area contributed by atoms with Crippen LogP contribution in [-0.2, 0) is 6.42 Å². The van der Waals surface area contributed by atoms with E-state index in [0.29, 0.717) is 29.6 Å². The van der Waals surface area contributed by atoms with Gasteiger partial charge in [0.05, 0.1) is 14.2 Å². The van der Waals surface area contributed by atoms with Crippen LogP contribution in [0.1, 0.15) is 35.3 Å². The van der Waals surface area contributed by atoms with Crippen molar-refractivity contribution in [3.8, 4) is 11.5 Å². The summed E-state index contributed by atoms with van der Waals surface area (Å²) in [5.74, 6) is 2.07. The Hall–Kier alpha value is -2.83. The number of ether oxygens (including phenoxy) is 2. The average molecular weight is 370 g/mol. The lowest BCUT2D eigenvalue weighted by atomic mass is 10.1. The second-order valence-corrected chi connectivity index (χ2v) is 6.51. The van der Waals surface area contributed by atoms with Gasteiger partial charge in [0.1, 0.15) is 17.8 Å². The van der Waals surface area contributed by atoms with Gasteiger partial charge in [-0.2, -0.15) is 0 Å². The van der Waals surface area contributed by atoms with Gasteiger partial charge in [-0.25, -0.2) is 9.97 Å². The topological polar surface area (TPSA) is 76.6 Å². The van der Waals surface area contributed by atoms with Gasteiger partial charge in [-0.05, 0) is 43.4 Å². The molecule has 1 aromatic heterocycles. The minimum Gasteiger partial charge on any atom is -0.493 e. The molecule has 1 aliphatic rings. The van der Waals surface area contributed by atoms with E-state index in [0.717, 1.165) is 37.9 Å². The van der Waals surface area contributed by atoms with Crippen molar-refractivity contribution in [2.24, 2.45) is 0 Å². The normalized spacial score (nSPS) is 13.9. The van der Waals surface area contributed by atoms with E-state index in [1.54, 1.807) is 20.3 Å². The Morgan fingerprint density at radius 2 is 1.85 bits per heavy atom. The molecule has 27 heavy (non-hydrogen) atoms. The first kappa shape index (κ1) is 18.9. The molecule has 0 radical (unpaired) electrons. The average Bonchev–Trinajstić information content (AvgIpc) is 2.74. The zero-order chi connectivity index (χ0) is 19.1. The molecule has 0 bridgehead atoms. The third kappa shape index (κ3) is 4.87. The minimum atomic E-state index is -0.0139. The number of hydrogen-bond donors (Lipinski definition) is 1. The van der Waals surface area contributed by atoms with Crippen LogP contribution in [0.3, 0.4) is 0 Å². The molecule has 7 heteroatoms. The molecule has 144 valence electrons. The maximum Gasteiger partial charge on any atom is 0.272 e. The lowest BCUT2D eigenvalue weighted by Crippen LogP contribution is -2.36. The molecule has 1 amide bonds. The van der Waals surface area contributed by atoms with Gasteiger partial charge < -0.3 is 19.7 Å². The molecule has 2 aromatic rings. The van der Waals surface area contributed by atoms with E-state index >= 15 is 0 Å². The Bertz CT molecular complexity index is 776. The molecule has 1 aliphatic heterocycles. The molecular formula is C20H26N4O3. The fourth-order valence-corrected chi connectivity index (χ4v) is 3.20. The van der Waals surface area contributed by atoms with Crippen LogP contribution in [0.25, 0.3) is 0 Å². The number of methoxy groups -OCH3 is 2. The smallest absolute Gasteiger partial charge is 0.272 e. The maximum absolute atomic E-state index is 12.6. The highest BCUT2D eigenvalue weighted by molar-refractivity contribution is 5.92. The number of carbonyl (C=O) groups is 1. The van der Waals surface area contributed by atoms with E-state index in [9.17, 15) is 4.79 Å². The number of anilines is 1. The Morgan fingerprint density at radius 3 is 2.59 bits per heavy atom. The molecule has 0 spiro atoms. The highest BCUT2D eigenvalue weighted by Crippen LogP contribution is 2.27. The van der Waals surface area contributed by atoms with Gasteiger partial charge in [0.25, 0.3) is 5.91 Å². The zero-order valence-electron chi connectivity index (χ0n) is 15.9. The monoisotopic (exact) mass is 370 g/mol. The zero-order valence-corrected chi connectivity index (χ0v) is 15.9. The molecule has 1 N–H and O–H groups in total. The molecule has 0 atom stereocenters. The summed E-state index contributed by atoms with van der Waals surface area (Å²) < 4.78 is 10.6. The Balaban J connectivity index is 1.58. The highest BCUT2D eigenvalue weighted by Gasteiger charge is 2.19. The fourth-order valence-electron chi connectivity index (χ4n) is 3.20. The number of carbonyl (C=O) groups excluding carboxylic acids is 1. The lowest BCUT2D eigenvalue weighted by Gasteiger charge is -2.26. The van der Waals surface area contributed by atoms with Gasteiger partial charge >= 0.3 is 0 Å². The first-order valence-electron chi connectivity index (χ1n) is 9.27. The summed E-state index contributed by atoms with van der Waals surface area (Å²) in [6.07, 6.45) is 5.55. The van der Waals surface area contributed by atoms with E-state index in [1.807, 2.05) is 23.1 Å². The molecule has 0 saturated carbocycles. The van der Waals surface area contributed by atoms with Gasteiger partial charge in [0.15, 0.2) is 11.5 Å². The van der Waals surface area contributed by atoms with Crippen LogP contribution in [0.4, 0.5) is 5.82 Å². The van der Waals surface area contributed by atoms with Gasteiger partial charge in [-0.3, -0.25) is 4.79 Å². The Labute approximate surface area is 159 Å². The van der Waals surface area contributed by atoms with Crippen LogP contribution in [0.15, 0.2) is 30.6 Å². The highest BCUT2D eigenvalue weighted by atomic mass is 16.5. The number of benzene rings is 1. The van der Waals surface area contributed by atoms with E-state index in [2.05, 4.69) is 15.3 Å². The molecule has 7 nitrogen and oxygen atoms in total. The molecule has 2 heterocycles. The number of hydrogen-bond acceptors (Lipinski definition) is 6. The number of nitrogens with one attached hydrogen (secondary N) is 1. The molecule has 1 aromatic carbocycles. The first-order valence-corrected chi connectivity index (χ1v) is 9.27. The predicted octanol–water partition coefficient (Wildman–Crippen LogP) is 2.77. The quantitative estimate of drug-likeness (QED) is 0.808. The van der Waals surface area contributed by atoms with Crippen molar-refractivity contribution < 1.29 is 14.3 Å². The summed E-state index contributed by atoms with van der Waals surface area (Å²) in [7, 11) is 3.25. The van der Waals surface area contributed by atoms with E-state index in [-0.39, 0.29) is 5.91 Å². The third-order valence-corrected chi connectivity index (χ3v) is 4.70. The van der Waals surface area contributed by atoms with Crippen molar-refractivity contribution in [2.75, 3.05) is 39.2 Å². The van der Waals surface area contributed by atoms with Crippen LogP contribution in [0.2, 0.25) is 0 Å². The third-order valence-electron chi connectivity index (χ3n) is 4.70. The van der Waals surface area contributed by atoms with Crippen molar-refractivity contribution in [1.82, 2.24) is 14.9 Å². The molecule has 0 unspecified atom stereocenters. The minimum absolute atomic E-state index is 0.0139. The van der Waals surface area contributed by atoms with Crippen LogP contribution in [0.5, 0.6) is 11.5 Å². The standard InChI is InChI=1S/C20H26N4O3/c1-26-17-7-6-15(12-18(17)27-2)8-9-21-19-13-16(22-14-23-19)20(25)24-10-4-3-5-11-24/h6-7,12-14H,3-5,8-11H2,1-2H3,(H,21,22,23). The Morgan fingerprint density at radius 1 is 1.07 bits per heavy atom. The molecule has 3 rings (SSSR count). The van der Waals surface area contributed by atoms with Gasteiger partial charge in [0, 0.05) is 25.7 Å². The van der Waals surface area contributed by atoms with Crippen LogP contribution in [-0.4, -0.2) is 54.6 Å². The Kier molecular flexibility index (Phi) is 6.46. The summed E-state index contributed by atoms with van der Waals surface area (Å²) >= 11 is 0. The van der Waals surface area contributed by atoms with Gasteiger partial charge in [0.2, 0.25) is 0 Å². The fraction of sp³-hybridized carbons (Fsp3) is 0.450. The molecule has 1 saturated heterocycles. The number of amides is 1. The van der Waals surface area contributed by atoms with E-state index < -0.39 is 0 Å². The number of aromatic nitrogens is 2.